The number of hydrogen-bond acceptors (Lipinski definition) is 11. The van der Waals surface area contributed by atoms with Gasteiger partial charge < -0.3 is 43.2 Å². The Kier molecular flexibility index (Phi) is 21.8. The summed E-state index contributed by atoms with van der Waals surface area (Å²) in [7, 11) is 1.89. The number of ether oxygens (including phenoxy) is 8. The van der Waals surface area contributed by atoms with Crippen LogP contribution in [0.15, 0.2) is 12.2 Å². The third-order valence-electron chi connectivity index (χ3n) is 4.46. The Labute approximate surface area is 208 Å². The second kappa shape index (κ2) is 24.2. The number of nitrogens with zero attached hydrogens (tertiary/aromatic N) is 1. The number of likely N-dealkylation sites (N-methyl/N-ethyl adjacent to an activating group) is 1. The molecule has 12 heteroatoms. The molecule has 0 aromatic carbocycles. The standard InChI is InChI=1S/C23H42N2O10/c1-24-4-6-28-8-10-30-12-14-32-16-18-34-20-21-35-19-17-33-15-13-31-11-9-29-7-5-25-22(26)2-3-23(25)27/h2-3,24H,4-21H2,1H3. The molecule has 0 spiro atoms. The molecule has 12 nitrogen and oxygen atoms in total. The highest BCUT2D eigenvalue weighted by atomic mass is 16.6. The molecule has 0 aromatic heterocycles. The maximum atomic E-state index is 11.4. The Morgan fingerprint density at radius 3 is 1.11 bits per heavy atom. The maximum Gasteiger partial charge on any atom is 0.253 e. The van der Waals surface area contributed by atoms with Gasteiger partial charge in [0.1, 0.15) is 0 Å². The number of nitrogens with one attached hydrogen (secondary N) is 1. The fraction of sp³-hybridized carbons (Fsp3) is 0.826. The van der Waals surface area contributed by atoms with E-state index < -0.39 is 0 Å². The Bertz CT molecular complexity index is 532. The third-order valence-corrected chi connectivity index (χ3v) is 4.46. The Morgan fingerprint density at radius 1 is 0.514 bits per heavy atom. The monoisotopic (exact) mass is 506 g/mol. The van der Waals surface area contributed by atoms with Gasteiger partial charge in [0.25, 0.3) is 11.8 Å². The molecule has 0 atom stereocenters. The maximum absolute atomic E-state index is 11.4. The minimum absolute atomic E-state index is 0.247. The zero-order valence-electron chi connectivity index (χ0n) is 20.9. The van der Waals surface area contributed by atoms with Crippen molar-refractivity contribution < 1.29 is 47.5 Å². The molecule has 0 bridgehead atoms. The summed E-state index contributed by atoms with van der Waals surface area (Å²) in [6.45, 7) is 9.02. The lowest BCUT2D eigenvalue weighted by Gasteiger charge is -2.13. The number of imide groups is 1. The average molecular weight is 507 g/mol. The molecule has 1 aliphatic heterocycles. The van der Waals surface area contributed by atoms with E-state index >= 15 is 0 Å². The number of rotatable bonds is 27. The predicted octanol–water partition coefficient (Wildman–Crippen LogP) is -0.736. The van der Waals surface area contributed by atoms with Gasteiger partial charge in [-0.05, 0) is 7.05 Å². The molecule has 0 aliphatic carbocycles. The van der Waals surface area contributed by atoms with Crippen molar-refractivity contribution in [1.82, 2.24) is 10.2 Å². The van der Waals surface area contributed by atoms with Crippen LogP contribution in [0, 0.1) is 0 Å². The SMILES string of the molecule is CNCCOCCOCCOCCOCCOCCOCCOCCOCCN1C(=O)C=CC1=O. The minimum atomic E-state index is -0.302. The van der Waals surface area contributed by atoms with Crippen molar-refractivity contribution in [3.63, 3.8) is 0 Å². The van der Waals surface area contributed by atoms with E-state index in [0.717, 1.165) is 11.4 Å². The molecule has 0 fully saturated rings. The summed E-state index contributed by atoms with van der Waals surface area (Å²) in [6.07, 6.45) is 2.51. The van der Waals surface area contributed by atoms with Crippen LogP contribution in [-0.4, -0.2) is 143 Å². The van der Waals surface area contributed by atoms with E-state index in [9.17, 15) is 9.59 Å². The molecule has 1 aliphatic rings. The lowest BCUT2D eigenvalue weighted by atomic mass is 10.5. The Balaban J connectivity index is 1.65. The largest absolute Gasteiger partial charge is 0.378 e. The molecule has 0 saturated carbocycles. The molecular weight excluding hydrogens is 464 g/mol. The van der Waals surface area contributed by atoms with Crippen molar-refractivity contribution >= 4 is 11.8 Å². The lowest BCUT2D eigenvalue weighted by molar-refractivity contribution is -0.137. The van der Waals surface area contributed by atoms with Crippen molar-refractivity contribution in [1.29, 1.82) is 0 Å². The van der Waals surface area contributed by atoms with Crippen molar-refractivity contribution in [2.45, 2.75) is 0 Å². The van der Waals surface area contributed by atoms with Gasteiger partial charge in [-0.1, -0.05) is 0 Å². The van der Waals surface area contributed by atoms with Crippen LogP contribution < -0.4 is 5.32 Å². The van der Waals surface area contributed by atoms with Gasteiger partial charge in [-0.15, -0.1) is 0 Å². The molecular formula is C23H42N2O10. The number of carbonyl (C=O) groups is 2. The highest BCUT2D eigenvalue weighted by Crippen LogP contribution is 2.02. The molecule has 1 N–H and O–H groups in total. The van der Waals surface area contributed by atoms with E-state index in [2.05, 4.69) is 5.32 Å². The molecule has 0 saturated heterocycles. The van der Waals surface area contributed by atoms with Gasteiger partial charge in [-0.3, -0.25) is 14.5 Å². The van der Waals surface area contributed by atoms with E-state index in [1.165, 1.54) is 12.2 Å². The Hall–Kier alpha value is -1.48. The van der Waals surface area contributed by atoms with Crippen molar-refractivity contribution in [2.24, 2.45) is 0 Å². The van der Waals surface area contributed by atoms with Crippen molar-refractivity contribution in [2.75, 3.05) is 126 Å². The zero-order chi connectivity index (χ0) is 25.2. The highest BCUT2D eigenvalue weighted by molar-refractivity contribution is 6.12. The van der Waals surface area contributed by atoms with Crippen LogP contribution >= 0.6 is 0 Å². The van der Waals surface area contributed by atoms with Crippen LogP contribution in [0.25, 0.3) is 0 Å². The average Bonchev–Trinajstić information content (AvgIpc) is 3.18. The first-order valence-corrected chi connectivity index (χ1v) is 12.1. The third kappa shape index (κ3) is 19.4. The van der Waals surface area contributed by atoms with Crippen molar-refractivity contribution in [3.8, 4) is 0 Å². The Morgan fingerprint density at radius 2 is 0.800 bits per heavy atom. The van der Waals surface area contributed by atoms with Gasteiger partial charge in [0.2, 0.25) is 0 Å². The summed E-state index contributed by atoms with van der Waals surface area (Å²) in [5.74, 6) is -0.603. The van der Waals surface area contributed by atoms with E-state index in [1.54, 1.807) is 0 Å². The lowest BCUT2D eigenvalue weighted by Crippen LogP contribution is -2.33. The molecule has 1 heterocycles. The van der Waals surface area contributed by atoms with E-state index in [0.29, 0.717) is 99.1 Å². The predicted molar refractivity (Wildman–Crippen MR) is 126 cm³/mol. The first kappa shape index (κ1) is 31.5. The number of amides is 2. The molecule has 0 radical (unpaired) electrons. The smallest absolute Gasteiger partial charge is 0.253 e. The molecule has 0 unspecified atom stereocenters. The molecule has 2 amide bonds. The fourth-order valence-electron chi connectivity index (χ4n) is 2.62. The summed E-state index contributed by atoms with van der Waals surface area (Å²) in [5, 5.41) is 3.01. The van der Waals surface area contributed by atoms with Gasteiger partial charge in [0.05, 0.1) is 112 Å². The molecule has 0 aromatic rings. The first-order chi connectivity index (χ1) is 17.3. The van der Waals surface area contributed by atoms with Crippen LogP contribution in [0.5, 0.6) is 0 Å². The van der Waals surface area contributed by atoms with Crippen LogP contribution in [0.4, 0.5) is 0 Å². The first-order valence-electron chi connectivity index (χ1n) is 12.1. The van der Waals surface area contributed by atoms with Crippen LogP contribution in [0.1, 0.15) is 0 Å². The van der Waals surface area contributed by atoms with Gasteiger partial charge in [-0.25, -0.2) is 0 Å². The number of hydrogen-bond donors (Lipinski definition) is 1. The fourth-order valence-corrected chi connectivity index (χ4v) is 2.62. The molecule has 35 heavy (non-hydrogen) atoms. The van der Waals surface area contributed by atoms with Gasteiger partial charge in [0, 0.05) is 18.7 Å². The van der Waals surface area contributed by atoms with Gasteiger partial charge in [0.15, 0.2) is 0 Å². The quantitative estimate of drug-likeness (QED) is 0.112. The van der Waals surface area contributed by atoms with Gasteiger partial charge >= 0.3 is 0 Å². The second-order valence-electron chi connectivity index (χ2n) is 7.16. The van der Waals surface area contributed by atoms with Crippen LogP contribution in [-0.2, 0) is 47.5 Å². The highest BCUT2D eigenvalue weighted by Gasteiger charge is 2.22. The van der Waals surface area contributed by atoms with Crippen LogP contribution in [0.2, 0.25) is 0 Å². The van der Waals surface area contributed by atoms with E-state index in [4.69, 9.17) is 37.9 Å². The zero-order valence-corrected chi connectivity index (χ0v) is 20.9. The summed E-state index contributed by atoms with van der Waals surface area (Å²) >= 11 is 0. The molecule has 204 valence electrons. The molecule has 1 rings (SSSR count). The summed E-state index contributed by atoms with van der Waals surface area (Å²) < 4.78 is 43.2. The summed E-state index contributed by atoms with van der Waals surface area (Å²) in [5.41, 5.74) is 0. The normalized spacial score (nSPS) is 13.5. The van der Waals surface area contributed by atoms with E-state index in [-0.39, 0.29) is 25.0 Å². The minimum Gasteiger partial charge on any atom is -0.378 e. The topological polar surface area (TPSA) is 123 Å². The summed E-state index contributed by atoms with van der Waals surface area (Å²) in [6, 6.07) is 0. The van der Waals surface area contributed by atoms with Crippen molar-refractivity contribution in [3.05, 3.63) is 12.2 Å². The summed E-state index contributed by atoms with van der Waals surface area (Å²) in [4.78, 5) is 23.9. The van der Waals surface area contributed by atoms with Gasteiger partial charge in [-0.2, -0.15) is 0 Å². The van der Waals surface area contributed by atoms with Crippen LogP contribution in [0.3, 0.4) is 0 Å². The second-order valence-corrected chi connectivity index (χ2v) is 7.16. The van der Waals surface area contributed by atoms with E-state index in [1.807, 2.05) is 7.05 Å². The number of carbonyl (C=O) groups excluding carboxylic acids is 2.